The van der Waals surface area contributed by atoms with Gasteiger partial charge in [-0.05, 0) is 30.5 Å². The lowest BCUT2D eigenvalue weighted by Crippen LogP contribution is -2.35. The second kappa shape index (κ2) is 6.21. The average Bonchev–Trinajstić information content (AvgIpc) is 2.45. The van der Waals surface area contributed by atoms with Crippen LogP contribution in [0.1, 0.15) is 20.3 Å². The van der Waals surface area contributed by atoms with E-state index in [-0.39, 0.29) is 10.3 Å². The second-order valence-corrected chi connectivity index (χ2v) is 7.60. The van der Waals surface area contributed by atoms with Crippen LogP contribution in [0, 0.1) is 5.41 Å². The Hall–Kier alpha value is -1.31. The van der Waals surface area contributed by atoms with E-state index in [1.54, 1.807) is 6.07 Å². The standard InChI is InChI=1S/C14H22N2O4S/c1-14(2,5-6-15)10-16-21(17,18)11-3-4-12-13(9-11)20-8-7-19-12/h3-4,9,16H,5-8,10,15H2,1-2H3. The summed E-state index contributed by atoms with van der Waals surface area (Å²) in [5.41, 5.74) is 5.35. The summed E-state index contributed by atoms with van der Waals surface area (Å²) in [6.07, 6.45) is 0.747. The Morgan fingerprint density at radius 2 is 1.90 bits per heavy atom. The lowest BCUT2D eigenvalue weighted by Gasteiger charge is -2.24. The second-order valence-electron chi connectivity index (χ2n) is 5.83. The van der Waals surface area contributed by atoms with E-state index in [0.29, 0.717) is 37.8 Å². The number of sulfonamides is 1. The minimum Gasteiger partial charge on any atom is -0.486 e. The van der Waals surface area contributed by atoms with Crippen LogP contribution in [0.5, 0.6) is 11.5 Å². The van der Waals surface area contributed by atoms with Crippen LogP contribution >= 0.6 is 0 Å². The highest BCUT2D eigenvalue weighted by Gasteiger charge is 2.23. The Kier molecular flexibility index (Phi) is 4.75. The summed E-state index contributed by atoms with van der Waals surface area (Å²) in [4.78, 5) is 0.176. The fourth-order valence-electron chi connectivity index (χ4n) is 2.04. The molecule has 1 aromatic carbocycles. The number of nitrogens with one attached hydrogen (secondary N) is 1. The number of benzene rings is 1. The lowest BCUT2D eigenvalue weighted by atomic mass is 9.90. The van der Waals surface area contributed by atoms with Crippen molar-refractivity contribution >= 4 is 10.0 Å². The Balaban J connectivity index is 2.12. The molecule has 0 aromatic heterocycles. The van der Waals surface area contributed by atoms with Gasteiger partial charge in [-0.15, -0.1) is 0 Å². The molecule has 0 saturated carbocycles. The van der Waals surface area contributed by atoms with Gasteiger partial charge in [0.1, 0.15) is 13.2 Å². The SMILES string of the molecule is CC(C)(CCN)CNS(=O)(=O)c1ccc2c(c1)OCCO2. The van der Waals surface area contributed by atoms with Gasteiger partial charge < -0.3 is 15.2 Å². The van der Waals surface area contributed by atoms with Gasteiger partial charge in [0, 0.05) is 12.6 Å². The molecule has 0 spiro atoms. The maximum atomic E-state index is 12.3. The first-order valence-corrected chi connectivity index (χ1v) is 8.42. The van der Waals surface area contributed by atoms with E-state index in [9.17, 15) is 8.42 Å². The smallest absolute Gasteiger partial charge is 0.240 e. The molecule has 3 N–H and O–H groups in total. The van der Waals surface area contributed by atoms with Gasteiger partial charge in [-0.3, -0.25) is 0 Å². The van der Waals surface area contributed by atoms with Crippen molar-refractivity contribution in [1.29, 1.82) is 0 Å². The average molecular weight is 314 g/mol. The molecule has 1 aliphatic rings. The molecule has 1 heterocycles. The fourth-order valence-corrected chi connectivity index (χ4v) is 3.30. The minimum absolute atomic E-state index is 0.176. The Labute approximate surface area is 125 Å². The molecule has 118 valence electrons. The zero-order valence-electron chi connectivity index (χ0n) is 12.4. The van der Waals surface area contributed by atoms with E-state index in [2.05, 4.69) is 4.72 Å². The van der Waals surface area contributed by atoms with Crippen LogP contribution in [0.2, 0.25) is 0 Å². The van der Waals surface area contributed by atoms with Crippen LogP contribution in [-0.4, -0.2) is 34.7 Å². The molecule has 0 saturated heterocycles. The lowest BCUT2D eigenvalue weighted by molar-refractivity contribution is 0.171. The number of ether oxygens (including phenoxy) is 2. The Bertz CT molecular complexity index is 599. The third kappa shape index (κ3) is 4.09. The van der Waals surface area contributed by atoms with E-state index in [4.69, 9.17) is 15.2 Å². The number of fused-ring (bicyclic) bond motifs is 1. The first-order valence-electron chi connectivity index (χ1n) is 6.93. The van der Waals surface area contributed by atoms with Crippen LogP contribution in [-0.2, 0) is 10.0 Å². The third-order valence-electron chi connectivity index (χ3n) is 3.39. The summed E-state index contributed by atoms with van der Waals surface area (Å²) in [5.74, 6) is 1.04. The molecule has 0 atom stereocenters. The van der Waals surface area contributed by atoms with Gasteiger partial charge in [-0.2, -0.15) is 0 Å². The zero-order chi connectivity index (χ0) is 15.5. The van der Waals surface area contributed by atoms with E-state index in [1.807, 2.05) is 13.8 Å². The summed E-state index contributed by atoms with van der Waals surface area (Å²) in [6.45, 7) is 5.72. The molecule has 0 aliphatic carbocycles. The topological polar surface area (TPSA) is 90.7 Å². The molecule has 1 aromatic rings. The van der Waals surface area contributed by atoms with E-state index < -0.39 is 10.0 Å². The van der Waals surface area contributed by atoms with Crippen LogP contribution < -0.4 is 19.9 Å². The van der Waals surface area contributed by atoms with Crippen molar-refractivity contribution in [1.82, 2.24) is 4.72 Å². The predicted molar refractivity (Wildman–Crippen MR) is 80.1 cm³/mol. The number of rotatable bonds is 6. The molecule has 0 bridgehead atoms. The molecule has 21 heavy (non-hydrogen) atoms. The Morgan fingerprint density at radius 1 is 1.24 bits per heavy atom. The van der Waals surface area contributed by atoms with Gasteiger partial charge in [0.25, 0.3) is 0 Å². The maximum absolute atomic E-state index is 12.3. The molecular formula is C14H22N2O4S. The summed E-state index contributed by atoms with van der Waals surface area (Å²) in [7, 11) is -3.57. The van der Waals surface area contributed by atoms with E-state index in [1.165, 1.54) is 12.1 Å². The zero-order valence-corrected chi connectivity index (χ0v) is 13.2. The highest BCUT2D eigenvalue weighted by atomic mass is 32.2. The van der Waals surface area contributed by atoms with Gasteiger partial charge in [-0.1, -0.05) is 13.8 Å². The normalized spacial score (nSPS) is 15.0. The van der Waals surface area contributed by atoms with Crippen LogP contribution in [0.3, 0.4) is 0 Å². The van der Waals surface area contributed by atoms with Crippen LogP contribution in [0.15, 0.2) is 23.1 Å². The van der Waals surface area contributed by atoms with Crippen LogP contribution in [0.4, 0.5) is 0 Å². The highest BCUT2D eigenvalue weighted by molar-refractivity contribution is 7.89. The van der Waals surface area contributed by atoms with Crippen molar-refractivity contribution in [3.8, 4) is 11.5 Å². The first kappa shape index (κ1) is 16.1. The summed E-state index contributed by atoms with van der Waals surface area (Å²) < 4.78 is 38.1. The van der Waals surface area contributed by atoms with Gasteiger partial charge in [0.15, 0.2) is 11.5 Å². The van der Waals surface area contributed by atoms with Gasteiger partial charge in [0.05, 0.1) is 4.90 Å². The molecule has 0 unspecified atom stereocenters. The third-order valence-corrected chi connectivity index (χ3v) is 4.78. The highest BCUT2D eigenvalue weighted by Crippen LogP contribution is 2.32. The van der Waals surface area contributed by atoms with Crippen molar-refractivity contribution in [2.45, 2.75) is 25.2 Å². The number of hydrogen-bond donors (Lipinski definition) is 2. The molecule has 6 nitrogen and oxygen atoms in total. The van der Waals surface area contributed by atoms with Crippen molar-refractivity contribution in [2.24, 2.45) is 11.1 Å². The summed E-state index contributed by atoms with van der Waals surface area (Å²) >= 11 is 0. The maximum Gasteiger partial charge on any atom is 0.240 e. The first-order chi connectivity index (χ1) is 9.84. The molecular weight excluding hydrogens is 292 g/mol. The van der Waals surface area contributed by atoms with Crippen molar-refractivity contribution in [3.05, 3.63) is 18.2 Å². The van der Waals surface area contributed by atoms with Crippen molar-refractivity contribution in [2.75, 3.05) is 26.3 Å². The number of nitrogens with two attached hydrogens (primary N) is 1. The Morgan fingerprint density at radius 3 is 2.57 bits per heavy atom. The van der Waals surface area contributed by atoms with E-state index >= 15 is 0 Å². The molecule has 7 heteroatoms. The number of hydrogen-bond acceptors (Lipinski definition) is 5. The minimum atomic E-state index is -3.57. The van der Waals surface area contributed by atoms with Crippen molar-refractivity contribution in [3.63, 3.8) is 0 Å². The largest absolute Gasteiger partial charge is 0.486 e. The van der Waals surface area contributed by atoms with Gasteiger partial charge in [-0.25, -0.2) is 13.1 Å². The monoisotopic (exact) mass is 314 g/mol. The molecule has 0 amide bonds. The fraction of sp³-hybridized carbons (Fsp3) is 0.571. The van der Waals surface area contributed by atoms with E-state index in [0.717, 1.165) is 6.42 Å². The van der Waals surface area contributed by atoms with Gasteiger partial charge >= 0.3 is 0 Å². The summed E-state index contributed by atoms with van der Waals surface area (Å²) in [6, 6.07) is 4.63. The quantitative estimate of drug-likeness (QED) is 0.821. The molecule has 2 rings (SSSR count). The van der Waals surface area contributed by atoms with Crippen LogP contribution in [0.25, 0.3) is 0 Å². The van der Waals surface area contributed by atoms with Gasteiger partial charge in [0.2, 0.25) is 10.0 Å². The predicted octanol–water partition coefficient (Wildman–Crippen LogP) is 1.11. The molecule has 0 radical (unpaired) electrons. The van der Waals surface area contributed by atoms with Crippen molar-refractivity contribution < 1.29 is 17.9 Å². The molecule has 0 fully saturated rings. The summed E-state index contributed by atoms with van der Waals surface area (Å²) in [5, 5.41) is 0. The molecule has 1 aliphatic heterocycles.